The summed E-state index contributed by atoms with van der Waals surface area (Å²) in [5.41, 5.74) is -1.36. The minimum absolute atomic E-state index is 0.00800. The predicted molar refractivity (Wildman–Crippen MR) is 130 cm³/mol. The number of methoxy groups -OCH3 is 2. The molecule has 0 N–H and O–H groups in total. The summed E-state index contributed by atoms with van der Waals surface area (Å²) in [6.45, 7) is -0.0265. The van der Waals surface area contributed by atoms with Crippen LogP contribution in [0.2, 0.25) is 0 Å². The molecule has 0 spiro atoms. The molecule has 0 saturated carbocycles. The third kappa shape index (κ3) is 5.78. The molecule has 13 heteroatoms. The van der Waals surface area contributed by atoms with E-state index in [2.05, 4.69) is 5.10 Å². The first-order chi connectivity index (χ1) is 17.9. The third-order valence-electron chi connectivity index (χ3n) is 6.08. The number of halogens is 3. The fourth-order valence-corrected chi connectivity index (χ4v) is 5.85. The highest BCUT2D eigenvalue weighted by atomic mass is 32.2. The predicted octanol–water partition coefficient (Wildman–Crippen LogP) is 3.34. The molecule has 1 fully saturated rings. The first-order valence-corrected chi connectivity index (χ1v) is 13.1. The monoisotopic (exact) mass is 553 g/mol. The molecule has 1 aliphatic heterocycles. The highest BCUT2D eigenvalue weighted by Crippen LogP contribution is 2.32. The smallest absolute Gasteiger partial charge is 0.435 e. The van der Waals surface area contributed by atoms with Gasteiger partial charge in [0.2, 0.25) is 0 Å². The Balaban J connectivity index is 1.50. The highest BCUT2D eigenvalue weighted by Gasteiger charge is 2.43. The molecule has 1 amide bonds. The Kier molecular flexibility index (Phi) is 7.70. The maximum Gasteiger partial charge on any atom is 0.435 e. The summed E-state index contributed by atoms with van der Waals surface area (Å²) in [5, 5.41) is 3.40. The molecule has 38 heavy (non-hydrogen) atoms. The molecule has 2 atom stereocenters. The fourth-order valence-electron chi connectivity index (χ4n) is 4.33. The van der Waals surface area contributed by atoms with Crippen LogP contribution >= 0.6 is 0 Å². The van der Waals surface area contributed by atoms with Crippen molar-refractivity contribution in [2.75, 3.05) is 27.3 Å². The standard InChI is InChI=1S/C25H26F3N3O6S/c1-30-12-18(23(29-30)25(26,27)28)24(32)31-13-20(36-3)21(14-31)37-17-8-6-7-16(11-17)15-38(33,34)22-10-5-4-9-19(22)35-2/h4-12,20-21H,13-15H2,1-3H3/t20-,21-/m1/s1. The van der Waals surface area contributed by atoms with Gasteiger partial charge in [-0.25, -0.2) is 8.42 Å². The van der Waals surface area contributed by atoms with Crippen molar-refractivity contribution >= 4 is 15.7 Å². The number of hydrogen-bond acceptors (Lipinski definition) is 7. The highest BCUT2D eigenvalue weighted by molar-refractivity contribution is 7.90. The quantitative estimate of drug-likeness (QED) is 0.422. The van der Waals surface area contributed by atoms with Crippen LogP contribution in [0, 0.1) is 0 Å². The molecular weight excluding hydrogens is 527 g/mol. The maximum atomic E-state index is 13.4. The SMILES string of the molecule is COc1ccccc1S(=O)(=O)Cc1cccc(O[C@@H]2CN(C(=O)c3cn(C)nc3C(F)(F)F)C[C@H]2OC)c1. The molecule has 0 bridgehead atoms. The van der Waals surface area contributed by atoms with Crippen molar-refractivity contribution in [1.82, 2.24) is 14.7 Å². The van der Waals surface area contributed by atoms with Gasteiger partial charge in [-0.1, -0.05) is 24.3 Å². The van der Waals surface area contributed by atoms with Crippen molar-refractivity contribution in [3.8, 4) is 11.5 Å². The summed E-state index contributed by atoms with van der Waals surface area (Å²) >= 11 is 0. The Hall–Kier alpha value is -3.58. The molecule has 0 unspecified atom stereocenters. The summed E-state index contributed by atoms with van der Waals surface area (Å²) < 4.78 is 83.7. The summed E-state index contributed by atoms with van der Waals surface area (Å²) in [5.74, 6) is -0.582. The van der Waals surface area contributed by atoms with Gasteiger partial charge in [-0.2, -0.15) is 18.3 Å². The minimum atomic E-state index is -4.78. The Bertz CT molecular complexity index is 1420. The summed E-state index contributed by atoms with van der Waals surface area (Å²) in [4.78, 5) is 14.3. The lowest BCUT2D eigenvalue weighted by atomic mass is 10.2. The minimum Gasteiger partial charge on any atom is -0.495 e. The molecule has 1 aliphatic rings. The summed E-state index contributed by atoms with van der Waals surface area (Å²) in [6, 6.07) is 12.8. The Morgan fingerprint density at radius 3 is 2.47 bits per heavy atom. The third-order valence-corrected chi connectivity index (χ3v) is 7.80. The number of aryl methyl sites for hydroxylation is 1. The number of nitrogens with zero attached hydrogens (tertiary/aromatic N) is 3. The van der Waals surface area contributed by atoms with Gasteiger partial charge in [-0.15, -0.1) is 0 Å². The lowest BCUT2D eigenvalue weighted by Crippen LogP contribution is -2.32. The van der Waals surface area contributed by atoms with E-state index >= 15 is 0 Å². The number of amides is 1. The van der Waals surface area contributed by atoms with E-state index in [0.717, 1.165) is 10.9 Å². The van der Waals surface area contributed by atoms with E-state index in [-0.39, 0.29) is 29.5 Å². The van der Waals surface area contributed by atoms with Crippen molar-refractivity contribution < 1.29 is 40.6 Å². The zero-order valence-electron chi connectivity index (χ0n) is 20.8. The van der Waals surface area contributed by atoms with Crippen LogP contribution in [0.3, 0.4) is 0 Å². The summed E-state index contributed by atoms with van der Waals surface area (Å²) in [7, 11) is 0.373. The number of aromatic nitrogens is 2. The van der Waals surface area contributed by atoms with Crippen molar-refractivity contribution in [3.05, 3.63) is 71.5 Å². The number of alkyl halides is 3. The van der Waals surface area contributed by atoms with E-state index < -0.39 is 45.4 Å². The van der Waals surface area contributed by atoms with E-state index in [9.17, 15) is 26.4 Å². The number of carbonyl (C=O) groups excluding carboxylic acids is 1. The second-order valence-electron chi connectivity index (χ2n) is 8.76. The van der Waals surface area contributed by atoms with Crippen molar-refractivity contribution in [3.63, 3.8) is 0 Å². The molecule has 1 saturated heterocycles. The van der Waals surface area contributed by atoms with Crippen molar-refractivity contribution in [1.29, 1.82) is 0 Å². The van der Waals surface area contributed by atoms with Crippen LogP contribution in [0.4, 0.5) is 13.2 Å². The average molecular weight is 554 g/mol. The maximum absolute atomic E-state index is 13.4. The number of para-hydroxylation sites is 1. The van der Waals surface area contributed by atoms with Gasteiger partial charge in [0.1, 0.15) is 28.6 Å². The number of benzene rings is 2. The van der Waals surface area contributed by atoms with Crippen LogP contribution in [0.5, 0.6) is 11.5 Å². The van der Waals surface area contributed by atoms with E-state index in [0.29, 0.717) is 11.3 Å². The molecule has 0 radical (unpaired) electrons. The van der Waals surface area contributed by atoms with Crippen LogP contribution in [0.1, 0.15) is 21.6 Å². The van der Waals surface area contributed by atoms with Gasteiger partial charge >= 0.3 is 6.18 Å². The van der Waals surface area contributed by atoms with Gasteiger partial charge < -0.3 is 19.1 Å². The van der Waals surface area contributed by atoms with Gasteiger partial charge in [0.15, 0.2) is 15.5 Å². The fraction of sp³-hybridized carbons (Fsp3) is 0.360. The molecule has 9 nitrogen and oxygen atoms in total. The number of likely N-dealkylation sites (tertiary alicyclic amines) is 1. The molecular formula is C25H26F3N3O6S. The largest absolute Gasteiger partial charge is 0.495 e. The Morgan fingerprint density at radius 2 is 1.79 bits per heavy atom. The Labute approximate surface area is 217 Å². The number of sulfone groups is 1. The lowest BCUT2D eigenvalue weighted by molar-refractivity contribution is -0.141. The van der Waals surface area contributed by atoms with E-state index in [1.54, 1.807) is 42.5 Å². The van der Waals surface area contributed by atoms with E-state index in [1.165, 1.54) is 32.2 Å². The van der Waals surface area contributed by atoms with Gasteiger partial charge in [0, 0.05) is 20.4 Å². The van der Waals surface area contributed by atoms with Crippen molar-refractivity contribution in [2.45, 2.75) is 29.0 Å². The zero-order chi connectivity index (χ0) is 27.7. The first kappa shape index (κ1) is 27.5. The number of rotatable bonds is 8. The molecule has 4 rings (SSSR count). The van der Waals surface area contributed by atoms with Crippen LogP contribution in [0.25, 0.3) is 0 Å². The van der Waals surface area contributed by atoms with E-state index in [4.69, 9.17) is 14.2 Å². The van der Waals surface area contributed by atoms with Gasteiger partial charge in [-0.05, 0) is 29.8 Å². The molecule has 2 heterocycles. The number of ether oxygens (including phenoxy) is 3. The molecule has 1 aromatic heterocycles. The van der Waals surface area contributed by atoms with Gasteiger partial charge in [0.05, 0.1) is 31.5 Å². The normalized spacial score (nSPS) is 18.0. The topological polar surface area (TPSA) is 100.0 Å². The lowest BCUT2D eigenvalue weighted by Gasteiger charge is -2.19. The number of carbonyl (C=O) groups is 1. The molecule has 0 aliphatic carbocycles. The van der Waals surface area contributed by atoms with Crippen LogP contribution < -0.4 is 9.47 Å². The zero-order valence-corrected chi connectivity index (χ0v) is 21.6. The second-order valence-corrected chi connectivity index (χ2v) is 10.7. The van der Waals surface area contributed by atoms with Crippen molar-refractivity contribution in [2.24, 2.45) is 7.05 Å². The Morgan fingerprint density at radius 1 is 1.08 bits per heavy atom. The van der Waals surface area contributed by atoms with E-state index in [1.807, 2.05) is 0 Å². The molecule has 2 aromatic carbocycles. The second kappa shape index (κ2) is 10.7. The first-order valence-electron chi connectivity index (χ1n) is 11.5. The van der Waals surface area contributed by atoms with Crippen LogP contribution in [-0.2, 0) is 33.6 Å². The number of hydrogen-bond donors (Lipinski definition) is 0. The van der Waals surface area contributed by atoms with Gasteiger partial charge in [0.25, 0.3) is 5.91 Å². The van der Waals surface area contributed by atoms with Crippen LogP contribution in [-0.4, -0.2) is 68.5 Å². The van der Waals surface area contributed by atoms with Gasteiger partial charge in [-0.3, -0.25) is 9.48 Å². The average Bonchev–Trinajstić information content (AvgIpc) is 3.47. The summed E-state index contributed by atoms with van der Waals surface area (Å²) in [6.07, 6.45) is -5.07. The van der Waals surface area contributed by atoms with Crippen LogP contribution in [0.15, 0.2) is 59.6 Å². The molecule has 3 aromatic rings. The molecule has 204 valence electrons.